The Balaban J connectivity index is 2.36. The molecule has 0 amide bonds. The molecule has 1 aliphatic heterocycles. The number of alkyl halides is 3. The van der Waals surface area contributed by atoms with E-state index in [1.54, 1.807) is 6.92 Å². The fourth-order valence-electron chi connectivity index (χ4n) is 2.22. The minimum Gasteiger partial charge on any atom is -0.361 e. The largest absolute Gasteiger partial charge is 0.416 e. The maximum Gasteiger partial charge on any atom is 0.416 e. The molecule has 0 unspecified atom stereocenters. The molecule has 1 aliphatic rings. The fraction of sp³-hybridized carbons (Fsp3) is 0.538. The maximum atomic E-state index is 12.7. The second kappa shape index (κ2) is 4.77. The molecule has 1 heterocycles. The molecule has 6 heteroatoms. The van der Waals surface area contributed by atoms with Crippen molar-refractivity contribution in [2.24, 2.45) is 0 Å². The lowest BCUT2D eigenvalue weighted by molar-refractivity contribution is -0.253. The number of hydrogen-bond acceptors (Lipinski definition) is 3. The van der Waals surface area contributed by atoms with Crippen LogP contribution in [0.2, 0.25) is 0 Å². The third-order valence-corrected chi connectivity index (χ3v) is 3.28. The van der Waals surface area contributed by atoms with E-state index in [4.69, 9.17) is 4.74 Å². The number of ether oxygens (including phenoxy) is 1. The molecule has 0 aromatic heterocycles. The number of aliphatic hydroxyl groups is 1. The van der Waals surface area contributed by atoms with Crippen molar-refractivity contribution in [2.75, 3.05) is 6.61 Å². The predicted molar refractivity (Wildman–Crippen MR) is 63.4 cm³/mol. The molecule has 1 fully saturated rings. The van der Waals surface area contributed by atoms with Gasteiger partial charge in [0.15, 0.2) is 0 Å². The zero-order valence-corrected chi connectivity index (χ0v) is 10.7. The van der Waals surface area contributed by atoms with Crippen LogP contribution in [0.5, 0.6) is 0 Å². The van der Waals surface area contributed by atoms with Gasteiger partial charge in [0.1, 0.15) is 0 Å². The van der Waals surface area contributed by atoms with Crippen LogP contribution in [0.25, 0.3) is 0 Å². The van der Waals surface area contributed by atoms with E-state index in [0.717, 1.165) is 12.1 Å². The summed E-state index contributed by atoms with van der Waals surface area (Å²) in [5, 5.41) is 13.5. The van der Waals surface area contributed by atoms with Crippen LogP contribution in [-0.2, 0) is 16.7 Å². The van der Waals surface area contributed by atoms with Crippen LogP contribution < -0.4 is 5.32 Å². The molecule has 3 nitrogen and oxygen atoms in total. The van der Waals surface area contributed by atoms with Gasteiger partial charge in [0.2, 0.25) is 5.79 Å². The van der Waals surface area contributed by atoms with E-state index in [2.05, 4.69) is 5.32 Å². The zero-order chi connectivity index (χ0) is 14.3. The first-order chi connectivity index (χ1) is 8.73. The fourth-order valence-corrected chi connectivity index (χ4v) is 2.22. The molecule has 0 bridgehead atoms. The topological polar surface area (TPSA) is 41.5 Å². The lowest BCUT2D eigenvalue weighted by atomic mass is 9.95. The van der Waals surface area contributed by atoms with Gasteiger partial charge in [0.05, 0.1) is 18.2 Å². The SMILES string of the molecule is C[C@H]1CO[C@](O)(c2cccc(C(F)(F)F)c2)[C@@H](C)N1. The summed E-state index contributed by atoms with van der Waals surface area (Å²) in [6, 6.07) is 4.14. The lowest BCUT2D eigenvalue weighted by Gasteiger charge is -2.41. The Morgan fingerprint density at radius 1 is 1.37 bits per heavy atom. The molecule has 0 saturated carbocycles. The van der Waals surface area contributed by atoms with Crippen molar-refractivity contribution in [3.8, 4) is 0 Å². The monoisotopic (exact) mass is 275 g/mol. The molecule has 2 rings (SSSR count). The van der Waals surface area contributed by atoms with Gasteiger partial charge in [-0.1, -0.05) is 12.1 Å². The third kappa shape index (κ3) is 2.75. The average Bonchev–Trinajstić information content (AvgIpc) is 2.33. The highest BCUT2D eigenvalue weighted by Crippen LogP contribution is 2.35. The number of hydrogen-bond donors (Lipinski definition) is 2. The summed E-state index contributed by atoms with van der Waals surface area (Å²) in [7, 11) is 0. The predicted octanol–water partition coefficient (Wildman–Crippen LogP) is 2.25. The smallest absolute Gasteiger partial charge is 0.361 e. The van der Waals surface area contributed by atoms with Crippen LogP contribution in [0.1, 0.15) is 25.0 Å². The van der Waals surface area contributed by atoms with Crippen molar-refractivity contribution in [1.29, 1.82) is 0 Å². The van der Waals surface area contributed by atoms with Crippen molar-refractivity contribution in [3.63, 3.8) is 0 Å². The molecule has 1 aromatic carbocycles. The second-order valence-corrected chi connectivity index (χ2v) is 4.88. The van der Waals surface area contributed by atoms with Crippen molar-refractivity contribution < 1.29 is 23.0 Å². The van der Waals surface area contributed by atoms with E-state index in [0.29, 0.717) is 0 Å². The van der Waals surface area contributed by atoms with E-state index in [1.165, 1.54) is 12.1 Å². The van der Waals surface area contributed by atoms with Gasteiger partial charge in [-0.25, -0.2) is 0 Å². The minimum atomic E-state index is -4.44. The Bertz CT molecular complexity index is 463. The highest BCUT2D eigenvalue weighted by atomic mass is 19.4. The van der Waals surface area contributed by atoms with E-state index in [1.807, 2.05) is 6.92 Å². The van der Waals surface area contributed by atoms with E-state index in [-0.39, 0.29) is 18.2 Å². The Morgan fingerprint density at radius 2 is 2.05 bits per heavy atom. The summed E-state index contributed by atoms with van der Waals surface area (Å²) in [5.41, 5.74) is -0.693. The van der Waals surface area contributed by atoms with Crippen LogP contribution in [0.4, 0.5) is 13.2 Å². The van der Waals surface area contributed by atoms with Crippen LogP contribution in [-0.4, -0.2) is 23.8 Å². The maximum absolute atomic E-state index is 12.7. The number of morpholine rings is 1. The van der Waals surface area contributed by atoms with Gasteiger partial charge in [-0.15, -0.1) is 0 Å². The lowest BCUT2D eigenvalue weighted by Crippen LogP contribution is -2.58. The van der Waals surface area contributed by atoms with E-state index in [9.17, 15) is 18.3 Å². The summed E-state index contributed by atoms with van der Waals surface area (Å²) < 4.78 is 43.4. The molecule has 2 N–H and O–H groups in total. The van der Waals surface area contributed by atoms with Gasteiger partial charge in [0.25, 0.3) is 0 Å². The van der Waals surface area contributed by atoms with Crippen LogP contribution >= 0.6 is 0 Å². The molecule has 19 heavy (non-hydrogen) atoms. The number of halogens is 3. The van der Waals surface area contributed by atoms with Crippen LogP contribution in [0, 0.1) is 0 Å². The number of nitrogens with one attached hydrogen (secondary N) is 1. The Hall–Kier alpha value is -1.11. The Morgan fingerprint density at radius 3 is 2.63 bits per heavy atom. The molecule has 1 saturated heterocycles. The first-order valence-electron chi connectivity index (χ1n) is 6.03. The highest BCUT2D eigenvalue weighted by Gasteiger charge is 2.42. The summed E-state index contributed by atoms with van der Waals surface area (Å²) in [6.07, 6.45) is -4.44. The van der Waals surface area contributed by atoms with Gasteiger partial charge in [-0.3, -0.25) is 0 Å². The van der Waals surface area contributed by atoms with E-state index < -0.39 is 23.6 Å². The number of rotatable bonds is 1. The normalized spacial score (nSPS) is 32.3. The highest BCUT2D eigenvalue weighted by molar-refractivity contribution is 5.30. The minimum absolute atomic E-state index is 0.0427. The number of benzene rings is 1. The standard InChI is InChI=1S/C13H16F3NO2/c1-8-7-19-12(18,9(2)17-8)10-4-3-5-11(6-10)13(14,15)16/h3-6,8-9,17-18H,7H2,1-2H3/t8-,9+,12-/m0/s1. The van der Waals surface area contributed by atoms with Gasteiger partial charge in [0, 0.05) is 11.6 Å². The van der Waals surface area contributed by atoms with Crippen LogP contribution in [0.15, 0.2) is 24.3 Å². The molecule has 0 radical (unpaired) electrons. The summed E-state index contributed by atoms with van der Waals surface area (Å²) in [5.74, 6) is -1.74. The van der Waals surface area contributed by atoms with Crippen LogP contribution in [0.3, 0.4) is 0 Å². The van der Waals surface area contributed by atoms with Crippen molar-refractivity contribution in [3.05, 3.63) is 35.4 Å². The van der Waals surface area contributed by atoms with Crippen molar-refractivity contribution >= 4 is 0 Å². The first kappa shape index (κ1) is 14.3. The van der Waals surface area contributed by atoms with E-state index >= 15 is 0 Å². The molecule has 106 valence electrons. The van der Waals surface area contributed by atoms with Crippen molar-refractivity contribution in [2.45, 2.75) is 37.9 Å². The molecule has 0 spiro atoms. The molecule has 3 atom stereocenters. The molecule has 0 aliphatic carbocycles. The quantitative estimate of drug-likeness (QED) is 0.826. The Labute approximate surface area is 109 Å². The van der Waals surface area contributed by atoms with Gasteiger partial charge in [-0.05, 0) is 26.0 Å². The van der Waals surface area contributed by atoms with Gasteiger partial charge >= 0.3 is 6.18 Å². The second-order valence-electron chi connectivity index (χ2n) is 4.88. The summed E-state index contributed by atoms with van der Waals surface area (Å²) >= 11 is 0. The summed E-state index contributed by atoms with van der Waals surface area (Å²) in [4.78, 5) is 0. The third-order valence-electron chi connectivity index (χ3n) is 3.28. The molecule has 1 aromatic rings. The molecular weight excluding hydrogens is 259 g/mol. The molecular formula is C13H16F3NO2. The average molecular weight is 275 g/mol. The zero-order valence-electron chi connectivity index (χ0n) is 10.7. The van der Waals surface area contributed by atoms with Gasteiger partial charge in [-0.2, -0.15) is 13.2 Å². The van der Waals surface area contributed by atoms with Crippen molar-refractivity contribution in [1.82, 2.24) is 5.32 Å². The van der Waals surface area contributed by atoms with Gasteiger partial charge < -0.3 is 15.2 Å². The first-order valence-corrected chi connectivity index (χ1v) is 6.03. The Kier molecular flexibility index (Phi) is 3.59. The summed E-state index contributed by atoms with van der Waals surface area (Å²) in [6.45, 7) is 3.79.